The first-order valence-electron chi connectivity index (χ1n) is 9.90. The molecule has 0 atom stereocenters. The van der Waals surface area contributed by atoms with E-state index >= 15 is 0 Å². The van der Waals surface area contributed by atoms with E-state index in [0.717, 1.165) is 5.76 Å². The topological polar surface area (TPSA) is 36.6 Å². The summed E-state index contributed by atoms with van der Waals surface area (Å²) < 4.78 is 20.1. The third-order valence-corrected chi connectivity index (χ3v) is 5.06. The van der Waals surface area contributed by atoms with E-state index in [1.165, 1.54) is 6.07 Å². The Morgan fingerprint density at radius 2 is 1.71 bits per heavy atom. The van der Waals surface area contributed by atoms with Crippen LogP contribution in [0.1, 0.15) is 56.6 Å². The Morgan fingerprint density at radius 3 is 2.29 bits per heavy atom. The summed E-state index contributed by atoms with van der Waals surface area (Å²) in [5.74, 6) is 1.13. The Bertz CT molecular complexity index is 753. The van der Waals surface area contributed by atoms with Crippen molar-refractivity contribution in [2.45, 2.75) is 64.3 Å². The lowest BCUT2D eigenvalue weighted by Gasteiger charge is -2.27. The molecule has 0 fully saturated rings. The number of halogens is 1. The molecule has 0 aliphatic heterocycles. The van der Waals surface area contributed by atoms with E-state index in [1.54, 1.807) is 18.2 Å². The summed E-state index contributed by atoms with van der Waals surface area (Å²) in [5.41, 5.74) is -0.370. The first-order chi connectivity index (χ1) is 13.4. The highest BCUT2D eigenvalue weighted by Gasteiger charge is 2.31. The number of hydrogen-bond donors (Lipinski definition) is 1. The molecular weight excluding hydrogens is 353 g/mol. The molecule has 0 aliphatic carbocycles. The summed E-state index contributed by atoms with van der Waals surface area (Å²) in [6.07, 6.45) is 6.13. The van der Waals surface area contributed by atoms with Crippen LogP contribution in [0.5, 0.6) is 0 Å². The molecule has 2 rings (SSSR count). The second-order valence-electron chi connectivity index (χ2n) is 7.54. The van der Waals surface area contributed by atoms with Crippen molar-refractivity contribution in [2.75, 3.05) is 0 Å². The monoisotopic (exact) mass is 385 g/mol. The van der Waals surface area contributed by atoms with E-state index in [0.29, 0.717) is 50.1 Å². The Kier molecular flexibility index (Phi) is 8.21. The molecule has 3 nitrogen and oxygen atoms in total. The van der Waals surface area contributed by atoms with Gasteiger partial charge in [-0.15, -0.1) is 13.2 Å². The van der Waals surface area contributed by atoms with Crippen LogP contribution in [0.2, 0.25) is 0 Å². The zero-order valence-corrected chi connectivity index (χ0v) is 17.0. The third kappa shape index (κ3) is 5.91. The zero-order chi connectivity index (χ0) is 20.6. The van der Waals surface area contributed by atoms with Gasteiger partial charge in [0.25, 0.3) is 0 Å². The third-order valence-electron chi connectivity index (χ3n) is 5.06. The summed E-state index contributed by atoms with van der Waals surface area (Å²) in [7, 11) is 0. The maximum absolute atomic E-state index is 14.0. The molecule has 1 N–H and O–H groups in total. The smallest absolute Gasteiger partial charge is 0.135 e. The second-order valence-corrected chi connectivity index (χ2v) is 7.54. The number of benzene rings is 1. The average Bonchev–Trinajstić information content (AvgIpc) is 3.15. The van der Waals surface area contributed by atoms with Crippen LogP contribution in [0.3, 0.4) is 0 Å². The highest BCUT2D eigenvalue weighted by Crippen LogP contribution is 2.33. The van der Waals surface area contributed by atoms with Gasteiger partial charge in [-0.3, -0.25) is 4.90 Å². The van der Waals surface area contributed by atoms with Gasteiger partial charge < -0.3 is 9.52 Å². The highest BCUT2D eigenvalue weighted by molar-refractivity contribution is 5.18. The number of nitrogens with zero attached hydrogens (tertiary/aromatic N) is 1. The first-order valence-corrected chi connectivity index (χ1v) is 9.90. The fourth-order valence-corrected chi connectivity index (χ4v) is 3.23. The van der Waals surface area contributed by atoms with E-state index in [-0.39, 0.29) is 11.9 Å². The molecule has 0 aliphatic rings. The summed E-state index contributed by atoms with van der Waals surface area (Å²) >= 11 is 0. The van der Waals surface area contributed by atoms with E-state index < -0.39 is 5.60 Å². The maximum atomic E-state index is 14.0. The molecule has 1 aromatic heterocycles. The van der Waals surface area contributed by atoms with Crippen LogP contribution in [0.15, 0.2) is 66.1 Å². The van der Waals surface area contributed by atoms with Crippen LogP contribution in [-0.2, 0) is 18.7 Å². The minimum atomic E-state index is -1.03. The van der Waals surface area contributed by atoms with Crippen molar-refractivity contribution < 1.29 is 13.9 Å². The number of hydrogen-bond acceptors (Lipinski definition) is 3. The molecule has 1 heterocycles. The molecule has 28 heavy (non-hydrogen) atoms. The van der Waals surface area contributed by atoms with Gasteiger partial charge in [-0.05, 0) is 57.7 Å². The quantitative estimate of drug-likeness (QED) is 0.459. The average molecular weight is 386 g/mol. The molecule has 0 radical (unpaired) electrons. The van der Waals surface area contributed by atoms with Crippen molar-refractivity contribution in [3.05, 3.63) is 84.6 Å². The summed E-state index contributed by atoms with van der Waals surface area (Å²) in [6, 6.07) is 10.8. The molecule has 0 saturated carbocycles. The number of furan rings is 1. The normalized spacial score (nSPS) is 11.9. The Morgan fingerprint density at radius 1 is 1.07 bits per heavy atom. The lowest BCUT2D eigenvalue weighted by atomic mass is 9.89. The van der Waals surface area contributed by atoms with Gasteiger partial charge >= 0.3 is 0 Å². The molecule has 0 saturated heterocycles. The fraction of sp³-hybridized carbons (Fsp3) is 0.417. The van der Waals surface area contributed by atoms with Crippen molar-refractivity contribution in [1.82, 2.24) is 4.90 Å². The van der Waals surface area contributed by atoms with Gasteiger partial charge in [-0.25, -0.2) is 4.39 Å². The molecule has 4 heteroatoms. The molecule has 0 spiro atoms. The van der Waals surface area contributed by atoms with E-state index in [1.807, 2.05) is 24.3 Å². The van der Waals surface area contributed by atoms with Crippen LogP contribution >= 0.6 is 0 Å². The number of aliphatic hydroxyl groups is 1. The number of rotatable bonds is 12. The molecular formula is C24H32FNO2. The van der Waals surface area contributed by atoms with Gasteiger partial charge in [0.1, 0.15) is 22.9 Å². The predicted molar refractivity (Wildman–Crippen MR) is 112 cm³/mol. The highest BCUT2D eigenvalue weighted by atomic mass is 19.1. The summed E-state index contributed by atoms with van der Waals surface area (Å²) in [6.45, 7) is 12.7. The Labute approximate surface area is 168 Å². The fourth-order valence-electron chi connectivity index (χ4n) is 3.23. The van der Waals surface area contributed by atoms with Gasteiger partial charge in [0, 0.05) is 18.2 Å². The Hall–Kier alpha value is -2.17. The lowest BCUT2D eigenvalue weighted by Crippen LogP contribution is -2.30. The Balaban J connectivity index is 2.16. The van der Waals surface area contributed by atoms with E-state index in [4.69, 9.17) is 4.42 Å². The summed E-state index contributed by atoms with van der Waals surface area (Å²) in [4.78, 5) is 2.15. The number of allylic oxidation sites excluding steroid dienone is 2. The predicted octanol–water partition coefficient (Wildman–Crippen LogP) is 5.95. The van der Waals surface area contributed by atoms with Gasteiger partial charge in [0.15, 0.2) is 0 Å². The lowest BCUT2D eigenvalue weighted by molar-refractivity contribution is -0.00233. The summed E-state index contributed by atoms with van der Waals surface area (Å²) in [5, 5.41) is 11.1. The minimum Gasteiger partial charge on any atom is -0.462 e. The maximum Gasteiger partial charge on any atom is 0.135 e. The van der Waals surface area contributed by atoms with E-state index in [2.05, 4.69) is 31.9 Å². The second kappa shape index (κ2) is 10.4. The standard InChI is InChI=1S/C24H32FNO2/c1-5-7-15-24(27,16-8-6-2)23-14-13-21(28-23)18-26(19(3)4)17-20-11-9-10-12-22(20)25/h5-6,9-14,19,27H,1-2,7-8,15-18H2,3-4H3. The van der Waals surface area contributed by atoms with Crippen LogP contribution in [-0.4, -0.2) is 16.0 Å². The molecule has 2 aromatic rings. The van der Waals surface area contributed by atoms with E-state index in [9.17, 15) is 9.50 Å². The molecule has 0 amide bonds. The van der Waals surface area contributed by atoms with Gasteiger partial charge in [-0.1, -0.05) is 30.4 Å². The van der Waals surface area contributed by atoms with Crippen LogP contribution in [0.25, 0.3) is 0 Å². The van der Waals surface area contributed by atoms with Gasteiger partial charge in [0.05, 0.1) is 6.54 Å². The van der Waals surface area contributed by atoms with Crippen molar-refractivity contribution in [2.24, 2.45) is 0 Å². The van der Waals surface area contributed by atoms with Crippen molar-refractivity contribution in [1.29, 1.82) is 0 Å². The molecule has 1 aromatic carbocycles. The molecule has 0 unspecified atom stereocenters. The van der Waals surface area contributed by atoms with Gasteiger partial charge in [-0.2, -0.15) is 0 Å². The minimum absolute atomic E-state index is 0.198. The zero-order valence-electron chi connectivity index (χ0n) is 17.0. The SMILES string of the molecule is C=CCCC(O)(CCC=C)c1ccc(CN(Cc2ccccc2F)C(C)C)o1. The first kappa shape index (κ1) is 22.1. The molecule has 152 valence electrons. The van der Waals surface area contributed by atoms with Crippen LogP contribution in [0, 0.1) is 5.82 Å². The van der Waals surface area contributed by atoms with Gasteiger partial charge in [0.2, 0.25) is 0 Å². The van der Waals surface area contributed by atoms with Crippen molar-refractivity contribution in [3.8, 4) is 0 Å². The molecule has 0 bridgehead atoms. The largest absolute Gasteiger partial charge is 0.462 e. The van der Waals surface area contributed by atoms with Crippen LogP contribution < -0.4 is 0 Å². The van der Waals surface area contributed by atoms with Crippen molar-refractivity contribution >= 4 is 0 Å². The van der Waals surface area contributed by atoms with Crippen LogP contribution in [0.4, 0.5) is 4.39 Å². The van der Waals surface area contributed by atoms with Crippen molar-refractivity contribution in [3.63, 3.8) is 0 Å².